The zero-order valence-electron chi connectivity index (χ0n) is 14.8. The lowest BCUT2D eigenvalue weighted by Crippen LogP contribution is -2.11. The highest BCUT2D eigenvalue weighted by Gasteiger charge is 2.25. The Kier molecular flexibility index (Phi) is 5.07. The lowest BCUT2D eigenvalue weighted by molar-refractivity contribution is 0.399. The molecule has 0 aliphatic rings. The monoisotopic (exact) mass is 372 g/mol. The van der Waals surface area contributed by atoms with Crippen LogP contribution in [0.2, 0.25) is 0 Å². The van der Waals surface area contributed by atoms with Crippen molar-refractivity contribution in [1.82, 2.24) is 4.98 Å². The molecule has 1 atom stereocenters. The fourth-order valence-corrected chi connectivity index (χ4v) is 2.99. The molecule has 0 fully saturated rings. The van der Waals surface area contributed by atoms with Crippen LogP contribution in [0.4, 0.5) is 4.39 Å². The van der Waals surface area contributed by atoms with E-state index < -0.39 is 11.1 Å². The maximum absolute atomic E-state index is 13.3. The molecule has 3 aromatic rings. The van der Waals surface area contributed by atoms with Crippen molar-refractivity contribution >= 4 is 11.1 Å². The van der Waals surface area contributed by atoms with Crippen molar-refractivity contribution < 1.29 is 17.6 Å². The van der Waals surface area contributed by atoms with Crippen molar-refractivity contribution in [2.45, 2.75) is 31.9 Å². The predicted octanol–water partition coefficient (Wildman–Crippen LogP) is 4.82. The fraction of sp³-hybridized carbons (Fsp3) is 0.250. The number of rotatable bonds is 4. The van der Waals surface area contributed by atoms with Crippen LogP contribution in [0.25, 0.3) is 22.6 Å². The largest absolute Gasteiger partial charge is 0.772 e. The molecule has 26 heavy (non-hydrogen) atoms. The van der Waals surface area contributed by atoms with Crippen molar-refractivity contribution in [2.75, 3.05) is 0 Å². The summed E-state index contributed by atoms with van der Waals surface area (Å²) in [6.07, 6.45) is 0. The Morgan fingerprint density at radius 1 is 1.04 bits per heavy atom. The van der Waals surface area contributed by atoms with Crippen LogP contribution in [0.3, 0.4) is 0 Å². The third kappa shape index (κ3) is 4.08. The highest BCUT2D eigenvalue weighted by atomic mass is 32.2. The van der Waals surface area contributed by atoms with Gasteiger partial charge in [0, 0.05) is 22.3 Å². The highest BCUT2D eigenvalue weighted by molar-refractivity contribution is 7.78. The van der Waals surface area contributed by atoms with Crippen molar-refractivity contribution in [2.24, 2.45) is 0 Å². The minimum Gasteiger partial charge on any atom is -0.772 e. The molecule has 1 unspecified atom stereocenters. The smallest absolute Gasteiger partial charge is 0.200 e. The summed E-state index contributed by atoms with van der Waals surface area (Å²) in [5.74, 6) is 0.812. The zero-order chi connectivity index (χ0) is 18.9. The first-order chi connectivity index (χ1) is 12.2. The lowest BCUT2D eigenvalue weighted by atomic mass is 9.97. The molecule has 0 spiro atoms. The third-order valence-electron chi connectivity index (χ3n) is 3.89. The molecule has 6 heteroatoms. The van der Waals surface area contributed by atoms with Crippen molar-refractivity contribution in [3.8, 4) is 22.6 Å². The second kappa shape index (κ2) is 7.13. The lowest BCUT2D eigenvalue weighted by Gasteiger charge is -2.12. The second-order valence-corrected chi connectivity index (χ2v) is 7.99. The van der Waals surface area contributed by atoms with E-state index in [0.717, 1.165) is 11.1 Å². The summed E-state index contributed by atoms with van der Waals surface area (Å²) >= 11 is -2.13. The van der Waals surface area contributed by atoms with Gasteiger partial charge in [0.2, 0.25) is 5.89 Å². The molecule has 0 saturated heterocycles. The van der Waals surface area contributed by atoms with Crippen LogP contribution in [0.1, 0.15) is 32.2 Å². The summed E-state index contributed by atoms with van der Waals surface area (Å²) in [6, 6.07) is 13.2. The van der Waals surface area contributed by atoms with Gasteiger partial charge in [0.15, 0.2) is 5.76 Å². The molecule has 1 heterocycles. The summed E-state index contributed by atoms with van der Waals surface area (Å²) in [7, 11) is 0. The average Bonchev–Trinajstić information content (AvgIpc) is 3.01. The van der Waals surface area contributed by atoms with Gasteiger partial charge in [0.05, 0.1) is 0 Å². The summed E-state index contributed by atoms with van der Waals surface area (Å²) in [6.45, 7) is 6.01. The molecular weight excluding hydrogens is 353 g/mol. The van der Waals surface area contributed by atoms with E-state index in [1.54, 1.807) is 24.3 Å². The fourth-order valence-electron chi connectivity index (χ4n) is 2.53. The molecule has 0 N–H and O–H groups in total. The molecule has 0 aliphatic heterocycles. The quantitative estimate of drug-likeness (QED) is 0.616. The Morgan fingerprint density at radius 3 is 2.15 bits per heavy atom. The summed E-state index contributed by atoms with van der Waals surface area (Å²) in [5.41, 5.74) is 2.58. The van der Waals surface area contributed by atoms with Gasteiger partial charge in [-0.1, -0.05) is 56.1 Å². The predicted molar refractivity (Wildman–Crippen MR) is 98.7 cm³/mol. The van der Waals surface area contributed by atoms with E-state index in [2.05, 4.69) is 4.98 Å². The zero-order valence-corrected chi connectivity index (χ0v) is 15.6. The molecule has 3 rings (SSSR count). The Morgan fingerprint density at radius 2 is 1.62 bits per heavy atom. The molecule has 4 nitrogen and oxygen atoms in total. The van der Waals surface area contributed by atoms with E-state index in [0.29, 0.717) is 22.9 Å². The standard InChI is InChI=1S/C20H20FNO3S/c1-20(2,3)19-22-17(14-8-10-16(21)11-9-14)18(25-19)15-6-4-13(5-7-15)12-26(23)24/h4-11H,12H2,1-3H3,(H,23,24)/p-1. The van der Waals surface area contributed by atoms with Crippen LogP contribution in [0.15, 0.2) is 52.9 Å². The summed E-state index contributed by atoms with van der Waals surface area (Å²) in [4.78, 5) is 4.64. The van der Waals surface area contributed by atoms with E-state index in [4.69, 9.17) is 4.42 Å². The van der Waals surface area contributed by atoms with E-state index in [9.17, 15) is 13.2 Å². The third-order valence-corrected chi connectivity index (χ3v) is 4.46. The average molecular weight is 372 g/mol. The molecule has 0 saturated carbocycles. The molecule has 136 valence electrons. The van der Waals surface area contributed by atoms with Crippen molar-refractivity contribution in [1.29, 1.82) is 0 Å². The number of aromatic nitrogens is 1. The van der Waals surface area contributed by atoms with Gasteiger partial charge in [-0.3, -0.25) is 4.21 Å². The van der Waals surface area contributed by atoms with Crippen LogP contribution in [-0.2, 0) is 22.2 Å². The Bertz CT molecular complexity index is 925. The summed E-state index contributed by atoms with van der Waals surface area (Å²) < 4.78 is 41.0. The normalized spacial score (nSPS) is 13.0. The molecule has 2 aromatic carbocycles. The number of oxazole rings is 1. The first-order valence-corrected chi connectivity index (χ1v) is 9.41. The summed E-state index contributed by atoms with van der Waals surface area (Å²) in [5, 5.41) is 0. The van der Waals surface area contributed by atoms with E-state index >= 15 is 0 Å². The molecule has 1 aromatic heterocycles. The van der Waals surface area contributed by atoms with Crippen LogP contribution >= 0.6 is 0 Å². The van der Waals surface area contributed by atoms with Gasteiger partial charge in [-0.05, 0) is 29.8 Å². The number of nitrogens with zero attached hydrogens (tertiary/aromatic N) is 1. The molecule has 0 aliphatic carbocycles. The first-order valence-electron chi connectivity index (χ1n) is 8.16. The molecule has 0 amide bonds. The van der Waals surface area contributed by atoms with Crippen LogP contribution in [0, 0.1) is 5.82 Å². The number of benzene rings is 2. The highest BCUT2D eigenvalue weighted by Crippen LogP contribution is 2.36. The van der Waals surface area contributed by atoms with Crippen molar-refractivity contribution in [3.63, 3.8) is 0 Å². The first kappa shape index (κ1) is 18.5. The minimum atomic E-state index is -2.13. The Balaban J connectivity index is 2.08. The molecular formula is C20H19FNO3S-. The number of hydrogen-bond acceptors (Lipinski definition) is 4. The maximum atomic E-state index is 13.3. The van der Waals surface area contributed by atoms with Gasteiger partial charge < -0.3 is 8.97 Å². The van der Waals surface area contributed by atoms with Gasteiger partial charge >= 0.3 is 0 Å². The molecule has 0 radical (unpaired) electrons. The van der Waals surface area contributed by atoms with Crippen LogP contribution in [-0.4, -0.2) is 13.7 Å². The SMILES string of the molecule is CC(C)(C)c1nc(-c2ccc(F)cc2)c(-c2ccc(CS(=O)[O-])cc2)o1. The van der Waals surface area contributed by atoms with Gasteiger partial charge in [-0.15, -0.1) is 0 Å². The number of hydrogen-bond donors (Lipinski definition) is 0. The second-order valence-electron chi connectivity index (χ2n) is 7.10. The van der Waals surface area contributed by atoms with Crippen LogP contribution < -0.4 is 0 Å². The van der Waals surface area contributed by atoms with Crippen LogP contribution in [0.5, 0.6) is 0 Å². The minimum absolute atomic E-state index is 0.0330. The van der Waals surface area contributed by atoms with E-state index in [1.807, 2.05) is 32.9 Å². The van der Waals surface area contributed by atoms with Gasteiger partial charge in [-0.2, -0.15) is 0 Å². The molecule has 0 bridgehead atoms. The van der Waals surface area contributed by atoms with Gasteiger partial charge in [-0.25, -0.2) is 9.37 Å². The Hall–Kier alpha value is -2.31. The Labute approximate surface area is 154 Å². The van der Waals surface area contributed by atoms with E-state index in [1.165, 1.54) is 12.1 Å². The van der Waals surface area contributed by atoms with Gasteiger partial charge in [0.1, 0.15) is 11.5 Å². The van der Waals surface area contributed by atoms with Crippen molar-refractivity contribution in [3.05, 3.63) is 65.8 Å². The van der Waals surface area contributed by atoms with Gasteiger partial charge in [0.25, 0.3) is 0 Å². The maximum Gasteiger partial charge on any atom is 0.200 e. The van der Waals surface area contributed by atoms with E-state index in [-0.39, 0.29) is 17.0 Å². The topological polar surface area (TPSA) is 66.2 Å². The number of halogens is 1.